The first-order valence-electron chi connectivity index (χ1n) is 9.58. The van der Waals surface area contributed by atoms with Gasteiger partial charge in [0.15, 0.2) is 11.2 Å². The lowest BCUT2D eigenvalue weighted by Gasteiger charge is -2.06. The molecule has 0 saturated heterocycles. The number of fused-ring (bicyclic) bond motifs is 1. The zero-order chi connectivity index (χ0) is 21.0. The summed E-state index contributed by atoms with van der Waals surface area (Å²) < 4.78 is 13.7. The second kappa shape index (κ2) is 8.76. The monoisotopic (exact) mass is 400 g/mol. The van der Waals surface area contributed by atoms with E-state index in [0.29, 0.717) is 35.8 Å². The molecule has 9 heteroatoms. The lowest BCUT2D eigenvalue weighted by molar-refractivity contribution is -0.139. The van der Waals surface area contributed by atoms with Crippen molar-refractivity contribution < 1.29 is 13.9 Å². The van der Waals surface area contributed by atoms with E-state index in [-0.39, 0.29) is 6.61 Å². The number of aryl methyl sites for hydroxylation is 3. The van der Waals surface area contributed by atoms with E-state index in [4.69, 9.17) is 9.15 Å². The third-order valence-corrected chi connectivity index (χ3v) is 4.50. The number of aromatic amines is 1. The highest BCUT2D eigenvalue weighted by Crippen LogP contribution is 2.13. The van der Waals surface area contributed by atoms with Crippen molar-refractivity contribution in [3.63, 3.8) is 0 Å². The van der Waals surface area contributed by atoms with Crippen LogP contribution in [0.2, 0.25) is 0 Å². The molecule has 29 heavy (non-hydrogen) atoms. The number of rotatable bonds is 8. The summed E-state index contributed by atoms with van der Waals surface area (Å²) in [7, 11) is 0. The Hall–Kier alpha value is -3.36. The minimum absolute atomic E-state index is 0.121. The van der Waals surface area contributed by atoms with E-state index in [0.717, 1.165) is 18.6 Å². The number of hydrogen-bond acceptors (Lipinski definition) is 6. The largest absolute Gasteiger partial charge is 0.462 e. The van der Waals surface area contributed by atoms with Crippen LogP contribution in [-0.4, -0.2) is 25.1 Å². The van der Waals surface area contributed by atoms with Gasteiger partial charge in [-0.15, -0.1) is 0 Å². The molecule has 0 spiro atoms. The van der Waals surface area contributed by atoms with Gasteiger partial charge < -0.3 is 13.7 Å². The quantitative estimate of drug-likeness (QED) is 0.459. The highest BCUT2D eigenvalue weighted by molar-refractivity contribution is 5.86. The van der Waals surface area contributed by atoms with E-state index >= 15 is 0 Å². The molecule has 0 unspecified atom stereocenters. The summed E-state index contributed by atoms with van der Waals surface area (Å²) in [5, 5.41) is 0. The van der Waals surface area contributed by atoms with Gasteiger partial charge >= 0.3 is 11.7 Å². The van der Waals surface area contributed by atoms with Crippen LogP contribution in [0.3, 0.4) is 0 Å². The van der Waals surface area contributed by atoms with Crippen LogP contribution in [0, 0.1) is 6.92 Å². The number of ether oxygens (including phenoxy) is 1. The Labute approximate surface area is 166 Å². The molecule has 9 nitrogen and oxygen atoms in total. The van der Waals surface area contributed by atoms with Crippen molar-refractivity contribution in [3.8, 4) is 0 Å². The fourth-order valence-corrected chi connectivity index (χ4v) is 3.07. The number of nitrogens with zero attached hydrogens (tertiary/aromatic N) is 3. The lowest BCUT2D eigenvalue weighted by Crippen LogP contribution is -2.31. The number of carbonyl (C=O) groups is 1. The van der Waals surface area contributed by atoms with Crippen molar-refractivity contribution in [2.24, 2.45) is 0 Å². The average molecular weight is 400 g/mol. The number of imidazole rings is 1. The Morgan fingerprint density at radius 3 is 2.72 bits per heavy atom. The highest BCUT2D eigenvalue weighted by Gasteiger charge is 2.18. The van der Waals surface area contributed by atoms with Gasteiger partial charge in [0.2, 0.25) is 0 Å². The molecule has 0 saturated carbocycles. The van der Waals surface area contributed by atoms with E-state index in [1.165, 1.54) is 16.7 Å². The van der Waals surface area contributed by atoms with Crippen molar-refractivity contribution in [2.75, 3.05) is 0 Å². The summed E-state index contributed by atoms with van der Waals surface area (Å²) in [6, 6.07) is 3.54. The van der Waals surface area contributed by atoms with Gasteiger partial charge in [0.1, 0.15) is 24.0 Å². The molecule has 0 aliphatic carbocycles. The van der Waals surface area contributed by atoms with Crippen LogP contribution in [0.15, 0.2) is 32.2 Å². The average Bonchev–Trinajstić information content (AvgIpc) is 3.27. The molecule has 0 atom stereocenters. The van der Waals surface area contributed by atoms with Crippen LogP contribution in [0.1, 0.15) is 44.0 Å². The molecule has 0 aliphatic rings. The molecule has 0 fully saturated rings. The SMILES string of the molecule is CCCCn1c(=O)[nH]c(=O)c2c1nc(COC(=O)/C=C/c1ccc(C)o1)n2CC. The van der Waals surface area contributed by atoms with Crippen molar-refractivity contribution in [2.45, 2.75) is 53.3 Å². The lowest BCUT2D eigenvalue weighted by atomic mass is 10.3. The molecule has 0 amide bonds. The van der Waals surface area contributed by atoms with Crippen LogP contribution < -0.4 is 11.2 Å². The number of hydrogen-bond donors (Lipinski definition) is 1. The molecule has 0 radical (unpaired) electrons. The van der Waals surface area contributed by atoms with Gasteiger partial charge in [-0.25, -0.2) is 14.6 Å². The summed E-state index contributed by atoms with van der Waals surface area (Å²) in [6.45, 7) is 6.46. The molecular formula is C20H24N4O5. The van der Waals surface area contributed by atoms with Gasteiger partial charge in [0.25, 0.3) is 5.56 Å². The minimum atomic E-state index is -0.564. The Morgan fingerprint density at radius 1 is 1.28 bits per heavy atom. The third kappa shape index (κ3) is 4.39. The first-order valence-corrected chi connectivity index (χ1v) is 9.58. The molecule has 3 aromatic heterocycles. The maximum Gasteiger partial charge on any atom is 0.331 e. The zero-order valence-electron chi connectivity index (χ0n) is 16.7. The van der Waals surface area contributed by atoms with Crippen LogP contribution in [0.4, 0.5) is 0 Å². The zero-order valence-corrected chi connectivity index (χ0v) is 16.7. The Kier molecular flexibility index (Phi) is 6.16. The fourth-order valence-electron chi connectivity index (χ4n) is 3.07. The maximum atomic E-state index is 12.4. The van der Waals surface area contributed by atoms with Gasteiger partial charge in [0.05, 0.1) is 0 Å². The minimum Gasteiger partial charge on any atom is -0.462 e. The molecule has 3 rings (SSSR count). The fraction of sp³-hybridized carbons (Fsp3) is 0.400. The first kappa shape index (κ1) is 20.4. The van der Waals surface area contributed by atoms with Gasteiger partial charge in [-0.1, -0.05) is 13.3 Å². The Morgan fingerprint density at radius 2 is 2.07 bits per heavy atom. The molecule has 0 aliphatic heterocycles. The van der Waals surface area contributed by atoms with Crippen molar-refractivity contribution in [1.82, 2.24) is 19.1 Å². The molecule has 1 N–H and O–H groups in total. The summed E-state index contributed by atoms with van der Waals surface area (Å²) in [5.41, 5.74) is -0.382. The molecule has 0 bridgehead atoms. The van der Waals surface area contributed by atoms with Crippen LogP contribution >= 0.6 is 0 Å². The summed E-state index contributed by atoms with van der Waals surface area (Å²) in [4.78, 5) is 43.4. The third-order valence-electron chi connectivity index (χ3n) is 4.50. The maximum absolute atomic E-state index is 12.4. The standard InChI is InChI=1S/C20H24N4O5/c1-4-6-11-24-18-17(19(26)22-20(24)27)23(5-2)15(21-18)12-28-16(25)10-9-14-8-7-13(3)29-14/h7-10H,4-6,11-12H2,1-3H3,(H,22,26,27)/b10-9+. The molecular weight excluding hydrogens is 376 g/mol. The normalized spacial score (nSPS) is 11.6. The molecule has 3 heterocycles. The number of furan rings is 1. The number of carbonyl (C=O) groups excluding carboxylic acids is 1. The second-order valence-electron chi connectivity index (χ2n) is 6.60. The summed E-state index contributed by atoms with van der Waals surface area (Å²) >= 11 is 0. The van der Waals surface area contributed by atoms with E-state index in [1.807, 2.05) is 20.8 Å². The Balaban J connectivity index is 1.86. The van der Waals surface area contributed by atoms with E-state index in [2.05, 4.69) is 9.97 Å². The molecule has 0 aromatic carbocycles. The van der Waals surface area contributed by atoms with Gasteiger partial charge in [-0.2, -0.15) is 0 Å². The number of nitrogens with one attached hydrogen (secondary N) is 1. The number of esters is 1. The van der Waals surface area contributed by atoms with Crippen LogP contribution in [0.25, 0.3) is 17.2 Å². The van der Waals surface area contributed by atoms with Crippen molar-refractivity contribution in [1.29, 1.82) is 0 Å². The van der Waals surface area contributed by atoms with Crippen LogP contribution in [-0.2, 0) is 29.2 Å². The highest BCUT2D eigenvalue weighted by atomic mass is 16.5. The van der Waals surface area contributed by atoms with Gasteiger partial charge in [-0.3, -0.25) is 14.3 Å². The predicted octanol–water partition coefficient (Wildman–Crippen LogP) is 2.36. The topological polar surface area (TPSA) is 112 Å². The molecule has 3 aromatic rings. The van der Waals surface area contributed by atoms with Crippen LogP contribution in [0.5, 0.6) is 0 Å². The number of H-pyrrole nitrogens is 1. The molecule has 154 valence electrons. The van der Waals surface area contributed by atoms with E-state index in [9.17, 15) is 14.4 Å². The summed E-state index contributed by atoms with van der Waals surface area (Å²) in [6.07, 6.45) is 4.46. The van der Waals surface area contributed by atoms with Gasteiger partial charge in [0, 0.05) is 19.2 Å². The first-order chi connectivity index (χ1) is 13.9. The van der Waals surface area contributed by atoms with E-state index < -0.39 is 17.2 Å². The number of aromatic nitrogens is 4. The van der Waals surface area contributed by atoms with Crippen molar-refractivity contribution >= 4 is 23.2 Å². The summed E-state index contributed by atoms with van der Waals surface area (Å²) in [5.74, 6) is 1.13. The predicted molar refractivity (Wildman–Crippen MR) is 107 cm³/mol. The van der Waals surface area contributed by atoms with Crippen molar-refractivity contribution in [3.05, 3.63) is 56.4 Å². The van der Waals surface area contributed by atoms with E-state index in [1.54, 1.807) is 16.7 Å². The Bertz CT molecular complexity index is 1160. The second-order valence-corrected chi connectivity index (χ2v) is 6.60. The smallest absolute Gasteiger partial charge is 0.331 e. The van der Waals surface area contributed by atoms with Gasteiger partial charge in [-0.05, 0) is 38.5 Å². The number of unbranched alkanes of at least 4 members (excludes halogenated alkanes) is 1.